The Morgan fingerprint density at radius 2 is 2.19 bits per heavy atom. The molecule has 0 fully saturated rings. The predicted octanol–water partition coefficient (Wildman–Crippen LogP) is 2.29. The molecule has 0 aliphatic rings. The van der Waals surface area contributed by atoms with Gasteiger partial charge in [-0.2, -0.15) is 11.8 Å². The average molecular weight is 377 g/mol. The highest BCUT2D eigenvalue weighted by atomic mass is 79.9. The molecule has 0 spiro atoms. The number of hydrogen-bond donors (Lipinski definition) is 2. The van der Waals surface area contributed by atoms with E-state index in [4.69, 9.17) is 5.11 Å². The summed E-state index contributed by atoms with van der Waals surface area (Å²) in [5, 5.41) is 22.2. The number of carboxylic acid groups (broad SMARTS) is 1. The Kier molecular flexibility index (Phi) is 6.63. The summed E-state index contributed by atoms with van der Waals surface area (Å²) in [6, 6.07) is 2.85. The highest BCUT2D eigenvalue weighted by Gasteiger charge is 2.22. The van der Waals surface area contributed by atoms with Crippen LogP contribution < -0.4 is 5.32 Å². The number of aliphatic carboxylic acids is 1. The van der Waals surface area contributed by atoms with Gasteiger partial charge in [-0.1, -0.05) is 0 Å². The molecule has 114 valence electrons. The van der Waals surface area contributed by atoms with Gasteiger partial charge >= 0.3 is 5.97 Å². The fourth-order valence-corrected chi connectivity index (χ4v) is 2.39. The van der Waals surface area contributed by atoms with Crippen molar-refractivity contribution in [2.45, 2.75) is 12.5 Å². The lowest BCUT2D eigenvalue weighted by molar-refractivity contribution is -0.385. The van der Waals surface area contributed by atoms with Crippen LogP contribution in [0.15, 0.2) is 22.7 Å². The lowest BCUT2D eigenvalue weighted by Crippen LogP contribution is -2.41. The van der Waals surface area contributed by atoms with Gasteiger partial charge in [0.25, 0.3) is 11.6 Å². The summed E-state index contributed by atoms with van der Waals surface area (Å²) in [4.78, 5) is 33.2. The molecule has 0 radical (unpaired) electrons. The van der Waals surface area contributed by atoms with Gasteiger partial charge in [0.2, 0.25) is 0 Å². The van der Waals surface area contributed by atoms with E-state index in [9.17, 15) is 19.7 Å². The van der Waals surface area contributed by atoms with E-state index in [1.165, 1.54) is 23.9 Å². The predicted molar refractivity (Wildman–Crippen MR) is 82.7 cm³/mol. The van der Waals surface area contributed by atoms with Gasteiger partial charge in [0.05, 0.1) is 9.40 Å². The van der Waals surface area contributed by atoms with E-state index in [0.29, 0.717) is 5.75 Å². The molecule has 0 aliphatic heterocycles. The highest BCUT2D eigenvalue weighted by molar-refractivity contribution is 9.10. The van der Waals surface area contributed by atoms with Crippen LogP contribution in [0.1, 0.15) is 16.8 Å². The lowest BCUT2D eigenvalue weighted by Gasteiger charge is -2.14. The van der Waals surface area contributed by atoms with Crippen molar-refractivity contribution in [3.8, 4) is 0 Å². The first-order valence-electron chi connectivity index (χ1n) is 5.83. The number of rotatable bonds is 7. The third kappa shape index (κ3) is 5.01. The normalized spacial score (nSPS) is 11.7. The molecule has 0 saturated heterocycles. The van der Waals surface area contributed by atoms with Gasteiger partial charge in [0, 0.05) is 11.6 Å². The van der Waals surface area contributed by atoms with Crippen LogP contribution in [0.25, 0.3) is 0 Å². The molecular formula is C12H13BrN2O5S. The number of carbonyl (C=O) groups is 2. The summed E-state index contributed by atoms with van der Waals surface area (Å²) < 4.78 is 0.251. The van der Waals surface area contributed by atoms with Crippen molar-refractivity contribution in [2.75, 3.05) is 12.0 Å². The Bertz CT molecular complexity index is 567. The highest BCUT2D eigenvalue weighted by Crippen LogP contribution is 2.25. The summed E-state index contributed by atoms with van der Waals surface area (Å²) in [7, 11) is 0. The number of nitro groups is 1. The molecule has 0 aromatic heterocycles. The van der Waals surface area contributed by atoms with Gasteiger partial charge in [0.15, 0.2) is 0 Å². The van der Waals surface area contributed by atoms with Crippen LogP contribution in [0, 0.1) is 10.1 Å². The van der Waals surface area contributed by atoms with Crippen molar-refractivity contribution in [1.82, 2.24) is 5.32 Å². The van der Waals surface area contributed by atoms with E-state index < -0.39 is 22.8 Å². The van der Waals surface area contributed by atoms with Gasteiger partial charge in [-0.3, -0.25) is 14.9 Å². The maximum absolute atomic E-state index is 12.0. The summed E-state index contributed by atoms with van der Waals surface area (Å²) in [6.07, 6.45) is 2.11. The van der Waals surface area contributed by atoms with Crippen molar-refractivity contribution in [3.05, 3.63) is 38.3 Å². The van der Waals surface area contributed by atoms with Crippen LogP contribution in [-0.4, -0.2) is 40.0 Å². The van der Waals surface area contributed by atoms with Crippen molar-refractivity contribution in [3.63, 3.8) is 0 Å². The topological polar surface area (TPSA) is 110 Å². The molecule has 1 unspecified atom stereocenters. The van der Waals surface area contributed by atoms with Crippen LogP contribution in [0.4, 0.5) is 5.69 Å². The largest absolute Gasteiger partial charge is 0.480 e. The molecule has 2 N–H and O–H groups in total. The van der Waals surface area contributed by atoms with Crippen LogP contribution in [-0.2, 0) is 4.79 Å². The maximum atomic E-state index is 12.0. The Morgan fingerprint density at radius 3 is 2.71 bits per heavy atom. The molecule has 1 aromatic rings. The number of nitrogens with one attached hydrogen (secondary N) is 1. The standard InChI is InChI=1S/C12H13BrN2O5S/c1-21-5-4-9(12(17)18)14-11(16)7-2-3-8(13)10(6-7)15(19)20/h2-3,6,9H,4-5H2,1H3,(H,14,16)(H,17,18). The van der Waals surface area contributed by atoms with Crippen molar-refractivity contribution in [1.29, 1.82) is 0 Å². The number of carboxylic acids is 1. The summed E-state index contributed by atoms with van der Waals surface area (Å²) in [5.74, 6) is -1.21. The lowest BCUT2D eigenvalue weighted by atomic mass is 10.1. The number of amides is 1. The second-order valence-electron chi connectivity index (χ2n) is 4.07. The fraction of sp³-hybridized carbons (Fsp3) is 0.333. The summed E-state index contributed by atoms with van der Waals surface area (Å²) in [5.41, 5.74) is -0.209. The second kappa shape index (κ2) is 7.99. The van der Waals surface area contributed by atoms with Crippen LogP contribution in [0.2, 0.25) is 0 Å². The molecule has 0 bridgehead atoms. The van der Waals surface area contributed by atoms with E-state index >= 15 is 0 Å². The number of thioether (sulfide) groups is 1. The number of nitro benzene ring substituents is 1. The Labute approximate surface area is 133 Å². The zero-order valence-corrected chi connectivity index (χ0v) is 13.4. The molecular weight excluding hydrogens is 364 g/mol. The van der Waals surface area contributed by atoms with E-state index in [1.807, 2.05) is 6.26 Å². The van der Waals surface area contributed by atoms with Crippen LogP contribution in [0.5, 0.6) is 0 Å². The molecule has 1 atom stereocenters. The molecule has 9 heteroatoms. The summed E-state index contributed by atoms with van der Waals surface area (Å²) in [6.45, 7) is 0. The zero-order chi connectivity index (χ0) is 16.0. The van der Waals surface area contributed by atoms with Crippen molar-refractivity contribution in [2.24, 2.45) is 0 Å². The van der Waals surface area contributed by atoms with E-state index in [-0.39, 0.29) is 22.1 Å². The molecule has 7 nitrogen and oxygen atoms in total. The Balaban J connectivity index is 2.90. The van der Waals surface area contributed by atoms with Crippen LogP contribution in [0.3, 0.4) is 0 Å². The van der Waals surface area contributed by atoms with Gasteiger partial charge in [-0.05, 0) is 46.5 Å². The monoisotopic (exact) mass is 376 g/mol. The molecule has 1 aromatic carbocycles. The molecule has 0 heterocycles. The Hall–Kier alpha value is -1.61. The minimum absolute atomic E-state index is 0.0419. The average Bonchev–Trinajstić information content (AvgIpc) is 2.42. The third-order valence-electron chi connectivity index (χ3n) is 2.62. The first-order chi connectivity index (χ1) is 9.86. The van der Waals surface area contributed by atoms with Gasteiger partial charge in [-0.15, -0.1) is 0 Å². The van der Waals surface area contributed by atoms with Gasteiger partial charge < -0.3 is 10.4 Å². The molecule has 0 aliphatic carbocycles. The molecule has 1 amide bonds. The first kappa shape index (κ1) is 17.4. The zero-order valence-electron chi connectivity index (χ0n) is 11.0. The second-order valence-corrected chi connectivity index (χ2v) is 5.91. The van der Waals surface area contributed by atoms with E-state index in [0.717, 1.165) is 6.07 Å². The SMILES string of the molecule is CSCCC(NC(=O)c1ccc(Br)c([N+](=O)[O-])c1)C(=O)O. The number of halogens is 1. The Morgan fingerprint density at radius 1 is 1.52 bits per heavy atom. The van der Waals surface area contributed by atoms with E-state index in [2.05, 4.69) is 21.2 Å². The molecule has 21 heavy (non-hydrogen) atoms. The van der Waals surface area contributed by atoms with Gasteiger partial charge in [0.1, 0.15) is 6.04 Å². The van der Waals surface area contributed by atoms with Gasteiger partial charge in [-0.25, -0.2) is 4.79 Å². The smallest absolute Gasteiger partial charge is 0.326 e. The minimum atomic E-state index is -1.14. The van der Waals surface area contributed by atoms with E-state index in [1.54, 1.807) is 0 Å². The number of nitrogens with zero attached hydrogens (tertiary/aromatic N) is 1. The van der Waals surface area contributed by atoms with Crippen molar-refractivity contribution >= 4 is 45.3 Å². The number of carbonyl (C=O) groups excluding carboxylic acids is 1. The summed E-state index contributed by atoms with van der Waals surface area (Å²) >= 11 is 4.49. The molecule has 0 saturated carbocycles. The molecule has 1 rings (SSSR count). The van der Waals surface area contributed by atoms with Crippen molar-refractivity contribution < 1.29 is 19.6 Å². The number of benzene rings is 1. The fourth-order valence-electron chi connectivity index (χ4n) is 1.53. The quantitative estimate of drug-likeness (QED) is 0.557. The maximum Gasteiger partial charge on any atom is 0.326 e. The first-order valence-corrected chi connectivity index (χ1v) is 8.02. The minimum Gasteiger partial charge on any atom is -0.480 e. The van der Waals surface area contributed by atoms with Crippen LogP contribution >= 0.6 is 27.7 Å². The number of hydrogen-bond acceptors (Lipinski definition) is 5. The third-order valence-corrected chi connectivity index (χ3v) is 3.93.